The minimum atomic E-state index is -0.123. The molecule has 118 valence electrons. The molecule has 1 aromatic heterocycles. The molecule has 0 aliphatic carbocycles. The molecule has 0 spiro atoms. The van der Waals surface area contributed by atoms with Gasteiger partial charge in [0.15, 0.2) is 0 Å². The summed E-state index contributed by atoms with van der Waals surface area (Å²) in [5, 5.41) is 6.96. The summed E-state index contributed by atoms with van der Waals surface area (Å²) in [4.78, 5) is 12.6. The first-order valence-corrected chi connectivity index (χ1v) is 8.41. The first-order chi connectivity index (χ1) is 11.1. The van der Waals surface area contributed by atoms with E-state index < -0.39 is 0 Å². The third-order valence-electron chi connectivity index (χ3n) is 3.51. The third kappa shape index (κ3) is 3.37. The van der Waals surface area contributed by atoms with Gasteiger partial charge in [-0.25, -0.2) is 4.68 Å². The van der Waals surface area contributed by atoms with Gasteiger partial charge in [0.1, 0.15) is 0 Å². The minimum absolute atomic E-state index is 0.123. The van der Waals surface area contributed by atoms with Crippen LogP contribution in [0.1, 0.15) is 6.42 Å². The van der Waals surface area contributed by atoms with E-state index in [1.807, 2.05) is 18.2 Å². The monoisotopic (exact) mass is 366 g/mol. The highest BCUT2D eigenvalue weighted by molar-refractivity contribution is 6.35. The molecule has 0 saturated heterocycles. The van der Waals surface area contributed by atoms with Crippen LogP contribution in [0.25, 0.3) is 22.0 Å². The van der Waals surface area contributed by atoms with Gasteiger partial charge in [-0.1, -0.05) is 41.4 Å². The molecule has 0 N–H and O–H groups in total. The quantitative estimate of drug-likeness (QED) is 0.608. The summed E-state index contributed by atoms with van der Waals surface area (Å²) in [6, 6.07) is 12.6. The zero-order chi connectivity index (χ0) is 16.4. The lowest BCUT2D eigenvalue weighted by Crippen LogP contribution is -2.24. The second-order valence-corrected chi connectivity index (χ2v) is 6.37. The molecule has 2 aromatic carbocycles. The Labute approximate surface area is 148 Å². The van der Waals surface area contributed by atoms with Crippen LogP contribution in [0.3, 0.4) is 0 Å². The van der Waals surface area contributed by atoms with Crippen molar-refractivity contribution in [2.24, 2.45) is 0 Å². The second-order valence-electron chi connectivity index (χ2n) is 5.12. The molecule has 0 amide bonds. The summed E-state index contributed by atoms with van der Waals surface area (Å²) in [6.45, 7) is 0.467. The zero-order valence-corrected chi connectivity index (χ0v) is 14.4. The largest absolute Gasteiger partial charge is 0.274 e. The fraction of sp³-hybridized carbons (Fsp3) is 0.176. The Kier molecular flexibility index (Phi) is 4.90. The molecule has 6 heteroatoms. The molecular weight excluding hydrogens is 355 g/mol. The van der Waals surface area contributed by atoms with Crippen LogP contribution >= 0.6 is 34.8 Å². The van der Waals surface area contributed by atoms with Crippen molar-refractivity contribution in [1.82, 2.24) is 9.78 Å². The Morgan fingerprint density at radius 1 is 1.00 bits per heavy atom. The Morgan fingerprint density at radius 2 is 1.65 bits per heavy atom. The number of rotatable bonds is 4. The molecule has 0 atom stereocenters. The van der Waals surface area contributed by atoms with Crippen molar-refractivity contribution in [3.05, 3.63) is 62.9 Å². The number of aryl methyl sites for hydroxylation is 1. The molecule has 0 aliphatic heterocycles. The van der Waals surface area contributed by atoms with E-state index in [9.17, 15) is 4.79 Å². The summed E-state index contributed by atoms with van der Waals surface area (Å²) < 4.78 is 1.45. The molecule has 0 radical (unpaired) electrons. The molecule has 0 bridgehead atoms. The van der Waals surface area contributed by atoms with Crippen LogP contribution in [0.2, 0.25) is 10.0 Å². The van der Waals surface area contributed by atoms with Crippen molar-refractivity contribution in [3.8, 4) is 11.3 Å². The standard InChI is InChI=1S/C17H13Cl3N2O/c18-6-3-7-22-17(23)15-5-2-1-4-14(15)16(21-22)11-8-12(19)10-13(20)9-11/h1-2,4-5,8-10H,3,6-7H2. The van der Waals surface area contributed by atoms with Gasteiger partial charge in [0.25, 0.3) is 5.56 Å². The molecule has 0 fully saturated rings. The predicted molar refractivity (Wildman–Crippen MR) is 96.8 cm³/mol. The lowest BCUT2D eigenvalue weighted by Gasteiger charge is -2.11. The van der Waals surface area contributed by atoms with E-state index in [-0.39, 0.29) is 5.56 Å². The maximum atomic E-state index is 12.6. The Hall–Kier alpha value is -1.55. The summed E-state index contributed by atoms with van der Waals surface area (Å²) in [5.74, 6) is 0.472. The van der Waals surface area contributed by atoms with Crippen molar-refractivity contribution >= 4 is 45.6 Å². The highest BCUT2D eigenvalue weighted by Crippen LogP contribution is 2.29. The van der Waals surface area contributed by atoms with Gasteiger partial charge in [0.2, 0.25) is 0 Å². The first kappa shape index (κ1) is 16.3. The minimum Gasteiger partial charge on any atom is -0.267 e. The molecule has 3 nitrogen and oxygen atoms in total. The molecular formula is C17H13Cl3N2O. The van der Waals surface area contributed by atoms with Gasteiger partial charge in [-0.3, -0.25) is 4.79 Å². The molecule has 0 saturated carbocycles. The lowest BCUT2D eigenvalue weighted by molar-refractivity contribution is 0.578. The normalized spacial score (nSPS) is 11.1. The van der Waals surface area contributed by atoms with E-state index in [0.717, 1.165) is 10.9 Å². The van der Waals surface area contributed by atoms with Crippen LogP contribution in [-0.2, 0) is 6.54 Å². The van der Waals surface area contributed by atoms with Gasteiger partial charge in [-0.15, -0.1) is 11.6 Å². The average Bonchev–Trinajstić information content (AvgIpc) is 2.53. The summed E-state index contributed by atoms with van der Waals surface area (Å²) in [6.07, 6.45) is 0.669. The number of hydrogen-bond donors (Lipinski definition) is 0. The third-order valence-corrected chi connectivity index (χ3v) is 4.21. The number of alkyl halides is 1. The van der Waals surface area contributed by atoms with Gasteiger partial charge < -0.3 is 0 Å². The van der Waals surface area contributed by atoms with Crippen molar-refractivity contribution in [3.63, 3.8) is 0 Å². The Balaban J connectivity index is 2.30. The summed E-state index contributed by atoms with van der Waals surface area (Å²) >= 11 is 18.0. The van der Waals surface area contributed by atoms with Crippen molar-refractivity contribution in [2.45, 2.75) is 13.0 Å². The second kappa shape index (κ2) is 6.91. The summed E-state index contributed by atoms with van der Waals surface area (Å²) in [7, 11) is 0. The van der Waals surface area contributed by atoms with Crippen molar-refractivity contribution in [1.29, 1.82) is 0 Å². The van der Waals surface area contributed by atoms with Gasteiger partial charge in [-0.05, 0) is 30.7 Å². The van der Waals surface area contributed by atoms with Crippen LogP contribution in [0.5, 0.6) is 0 Å². The topological polar surface area (TPSA) is 34.9 Å². The van der Waals surface area contributed by atoms with Crippen molar-refractivity contribution in [2.75, 3.05) is 5.88 Å². The predicted octanol–water partition coefficient (Wildman–Crippen LogP) is 5.00. The zero-order valence-electron chi connectivity index (χ0n) is 12.1. The van der Waals surface area contributed by atoms with Crippen LogP contribution in [-0.4, -0.2) is 15.7 Å². The van der Waals surface area contributed by atoms with E-state index in [1.54, 1.807) is 24.3 Å². The van der Waals surface area contributed by atoms with Crippen LogP contribution < -0.4 is 5.56 Å². The van der Waals surface area contributed by atoms with Gasteiger partial charge >= 0.3 is 0 Å². The molecule has 3 rings (SSSR count). The Morgan fingerprint density at radius 3 is 2.30 bits per heavy atom. The van der Waals surface area contributed by atoms with Crippen LogP contribution in [0.15, 0.2) is 47.3 Å². The molecule has 1 heterocycles. The van der Waals surface area contributed by atoms with E-state index >= 15 is 0 Å². The van der Waals surface area contributed by atoms with Gasteiger partial charge in [0, 0.05) is 33.4 Å². The number of fused-ring (bicyclic) bond motifs is 1. The number of benzene rings is 2. The number of nitrogens with zero attached hydrogens (tertiary/aromatic N) is 2. The molecule has 0 aliphatic rings. The molecule has 0 unspecified atom stereocenters. The smallest absolute Gasteiger partial charge is 0.267 e. The fourth-order valence-electron chi connectivity index (χ4n) is 2.50. The van der Waals surface area contributed by atoms with Crippen LogP contribution in [0, 0.1) is 0 Å². The maximum Gasteiger partial charge on any atom is 0.274 e. The molecule has 23 heavy (non-hydrogen) atoms. The van der Waals surface area contributed by atoms with Crippen molar-refractivity contribution < 1.29 is 0 Å². The van der Waals surface area contributed by atoms with E-state index in [1.165, 1.54) is 4.68 Å². The number of aromatic nitrogens is 2. The molecule has 3 aromatic rings. The van der Waals surface area contributed by atoms with Crippen LogP contribution in [0.4, 0.5) is 0 Å². The highest BCUT2D eigenvalue weighted by Gasteiger charge is 2.13. The number of halogens is 3. The average molecular weight is 368 g/mol. The van der Waals surface area contributed by atoms with E-state index in [2.05, 4.69) is 5.10 Å². The SMILES string of the molecule is O=c1c2ccccc2c(-c2cc(Cl)cc(Cl)c2)nn1CCCCl. The highest BCUT2D eigenvalue weighted by atomic mass is 35.5. The number of hydrogen-bond acceptors (Lipinski definition) is 2. The first-order valence-electron chi connectivity index (χ1n) is 7.12. The maximum absolute atomic E-state index is 12.6. The van der Waals surface area contributed by atoms with Gasteiger partial charge in [0.05, 0.1) is 11.1 Å². The van der Waals surface area contributed by atoms with E-state index in [0.29, 0.717) is 40.0 Å². The lowest BCUT2D eigenvalue weighted by atomic mass is 10.1. The van der Waals surface area contributed by atoms with E-state index in [4.69, 9.17) is 34.8 Å². The van der Waals surface area contributed by atoms with Gasteiger partial charge in [-0.2, -0.15) is 5.10 Å². The Bertz CT molecular complexity index is 901. The summed E-state index contributed by atoms with van der Waals surface area (Å²) in [5.41, 5.74) is 1.33. The fourth-order valence-corrected chi connectivity index (χ4v) is 3.15.